The fourth-order valence-electron chi connectivity index (χ4n) is 1.88. The van der Waals surface area contributed by atoms with E-state index >= 15 is 0 Å². The number of nitrogens with zero attached hydrogens (tertiary/aromatic N) is 3. The van der Waals surface area contributed by atoms with Gasteiger partial charge in [-0.1, -0.05) is 12.1 Å². The summed E-state index contributed by atoms with van der Waals surface area (Å²) in [7, 11) is 0. The Kier molecular flexibility index (Phi) is 2.30. The number of fused-ring (bicyclic) bond motifs is 1. The van der Waals surface area contributed by atoms with Crippen LogP contribution in [-0.2, 0) is 0 Å². The molecule has 1 aromatic carbocycles. The predicted octanol–water partition coefficient (Wildman–Crippen LogP) is 1.91. The van der Waals surface area contributed by atoms with Crippen LogP contribution < -0.4 is 0 Å². The van der Waals surface area contributed by atoms with E-state index in [2.05, 4.69) is 10.2 Å². The maximum atomic E-state index is 10.9. The normalized spacial score (nSPS) is 10.7. The number of pyridine rings is 1. The van der Waals surface area contributed by atoms with Gasteiger partial charge in [0.2, 0.25) is 0 Å². The van der Waals surface area contributed by atoms with Gasteiger partial charge in [0.25, 0.3) is 0 Å². The smallest absolute Gasteiger partial charge is 0.172 e. The Balaban J connectivity index is 2.32. The molecule has 0 amide bonds. The molecule has 0 atom stereocenters. The molecule has 5 nitrogen and oxygen atoms in total. The maximum absolute atomic E-state index is 10.9. The fourth-order valence-corrected chi connectivity index (χ4v) is 1.88. The van der Waals surface area contributed by atoms with Crippen molar-refractivity contribution < 1.29 is 9.90 Å². The minimum atomic E-state index is 0.128. The number of benzene rings is 1. The lowest BCUT2D eigenvalue weighted by molar-refractivity contribution is 0.112. The molecule has 0 saturated carbocycles. The minimum absolute atomic E-state index is 0.128. The highest BCUT2D eigenvalue weighted by Gasteiger charge is 2.12. The first-order chi connectivity index (χ1) is 8.81. The van der Waals surface area contributed by atoms with Crippen LogP contribution in [0.5, 0.6) is 5.75 Å². The predicted molar refractivity (Wildman–Crippen MR) is 65.5 cm³/mol. The largest absolute Gasteiger partial charge is 0.507 e. The first-order valence-corrected chi connectivity index (χ1v) is 5.38. The molecule has 0 saturated heterocycles. The summed E-state index contributed by atoms with van der Waals surface area (Å²) in [5.41, 5.74) is 1.52. The zero-order valence-corrected chi connectivity index (χ0v) is 9.32. The lowest BCUT2D eigenvalue weighted by atomic mass is 10.2. The van der Waals surface area contributed by atoms with Crippen molar-refractivity contribution in [3.05, 3.63) is 48.2 Å². The van der Waals surface area contributed by atoms with Crippen LogP contribution in [0.3, 0.4) is 0 Å². The number of phenols is 1. The summed E-state index contributed by atoms with van der Waals surface area (Å²) in [5, 5.41) is 17.8. The van der Waals surface area contributed by atoms with Gasteiger partial charge in [0, 0.05) is 6.20 Å². The quantitative estimate of drug-likeness (QED) is 0.694. The Morgan fingerprint density at radius 3 is 2.72 bits per heavy atom. The molecule has 0 aliphatic rings. The Morgan fingerprint density at radius 1 is 1.11 bits per heavy atom. The lowest BCUT2D eigenvalue weighted by Gasteiger charge is -2.02. The van der Waals surface area contributed by atoms with Crippen molar-refractivity contribution in [2.45, 2.75) is 0 Å². The van der Waals surface area contributed by atoms with Gasteiger partial charge in [-0.15, -0.1) is 10.2 Å². The van der Waals surface area contributed by atoms with E-state index in [9.17, 15) is 9.90 Å². The number of hydrogen-bond acceptors (Lipinski definition) is 4. The molecule has 3 aromatic rings. The Morgan fingerprint density at radius 2 is 1.94 bits per heavy atom. The van der Waals surface area contributed by atoms with E-state index in [0.717, 1.165) is 6.29 Å². The van der Waals surface area contributed by atoms with Crippen molar-refractivity contribution >= 4 is 11.9 Å². The number of carbonyl (C=O) groups is 1. The molecule has 0 radical (unpaired) electrons. The van der Waals surface area contributed by atoms with E-state index in [1.807, 2.05) is 0 Å². The Bertz CT molecular complexity index is 734. The van der Waals surface area contributed by atoms with E-state index in [1.54, 1.807) is 47.0 Å². The van der Waals surface area contributed by atoms with Crippen molar-refractivity contribution in [2.75, 3.05) is 0 Å². The van der Waals surface area contributed by atoms with Gasteiger partial charge in [-0.05, 0) is 24.3 Å². The van der Waals surface area contributed by atoms with Crippen LogP contribution in [0.1, 0.15) is 10.4 Å². The number of aromatic nitrogens is 3. The Hall–Kier alpha value is -2.69. The first kappa shape index (κ1) is 10.5. The van der Waals surface area contributed by atoms with Crippen molar-refractivity contribution in [3.8, 4) is 17.1 Å². The van der Waals surface area contributed by atoms with E-state index in [4.69, 9.17) is 0 Å². The number of aromatic hydroxyl groups is 1. The van der Waals surface area contributed by atoms with Crippen LogP contribution >= 0.6 is 0 Å². The SMILES string of the molecule is O=Cc1cccn2c(-c3ccccc3O)nnc12. The molecule has 3 rings (SSSR count). The van der Waals surface area contributed by atoms with E-state index in [1.165, 1.54) is 0 Å². The topological polar surface area (TPSA) is 67.5 Å². The molecule has 1 N–H and O–H groups in total. The summed E-state index contributed by atoms with van der Waals surface area (Å²) in [5.74, 6) is 0.634. The van der Waals surface area contributed by atoms with Crippen LogP contribution in [0.2, 0.25) is 0 Å². The van der Waals surface area contributed by atoms with Crippen molar-refractivity contribution in [2.24, 2.45) is 0 Å². The second-order valence-corrected chi connectivity index (χ2v) is 3.82. The third-order valence-electron chi connectivity index (χ3n) is 2.74. The van der Waals surface area contributed by atoms with Gasteiger partial charge >= 0.3 is 0 Å². The first-order valence-electron chi connectivity index (χ1n) is 5.38. The number of aldehydes is 1. The highest BCUT2D eigenvalue weighted by atomic mass is 16.3. The second kappa shape index (κ2) is 3.96. The zero-order chi connectivity index (χ0) is 12.5. The van der Waals surface area contributed by atoms with Gasteiger partial charge in [-0.25, -0.2) is 0 Å². The van der Waals surface area contributed by atoms with Gasteiger partial charge in [0.05, 0.1) is 11.1 Å². The summed E-state index contributed by atoms with van der Waals surface area (Å²) < 4.78 is 1.68. The van der Waals surface area contributed by atoms with Crippen molar-refractivity contribution in [1.29, 1.82) is 0 Å². The molecule has 0 aliphatic carbocycles. The molecular weight excluding hydrogens is 230 g/mol. The van der Waals surface area contributed by atoms with Crippen molar-refractivity contribution in [3.63, 3.8) is 0 Å². The van der Waals surface area contributed by atoms with Gasteiger partial charge in [-0.3, -0.25) is 9.20 Å². The molecular formula is C13H9N3O2. The van der Waals surface area contributed by atoms with Crippen LogP contribution in [0.15, 0.2) is 42.6 Å². The molecule has 2 heterocycles. The third kappa shape index (κ3) is 1.45. The minimum Gasteiger partial charge on any atom is -0.507 e. The summed E-state index contributed by atoms with van der Waals surface area (Å²) >= 11 is 0. The molecule has 5 heteroatoms. The molecule has 2 aromatic heterocycles. The summed E-state index contributed by atoms with van der Waals surface area (Å²) in [4.78, 5) is 10.9. The zero-order valence-electron chi connectivity index (χ0n) is 9.32. The lowest BCUT2D eigenvalue weighted by Crippen LogP contribution is -1.92. The van der Waals surface area contributed by atoms with E-state index in [-0.39, 0.29) is 5.75 Å². The molecule has 18 heavy (non-hydrogen) atoms. The van der Waals surface area contributed by atoms with Gasteiger partial charge in [0.1, 0.15) is 5.75 Å². The van der Waals surface area contributed by atoms with Gasteiger partial charge in [-0.2, -0.15) is 0 Å². The number of rotatable bonds is 2. The average molecular weight is 239 g/mol. The van der Waals surface area contributed by atoms with Crippen molar-refractivity contribution in [1.82, 2.24) is 14.6 Å². The highest BCUT2D eigenvalue weighted by molar-refractivity contribution is 5.84. The highest BCUT2D eigenvalue weighted by Crippen LogP contribution is 2.27. The molecule has 88 valence electrons. The molecule has 0 aliphatic heterocycles. The number of hydrogen-bond donors (Lipinski definition) is 1. The van der Waals surface area contributed by atoms with Crippen LogP contribution in [0.4, 0.5) is 0 Å². The molecule has 0 spiro atoms. The van der Waals surface area contributed by atoms with Gasteiger partial charge in [0.15, 0.2) is 17.8 Å². The molecule has 0 bridgehead atoms. The van der Waals surface area contributed by atoms with Crippen LogP contribution in [0, 0.1) is 0 Å². The maximum Gasteiger partial charge on any atom is 0.172 e. The van der Waals surface area contributed by atoms with E-state index < -0.39 is 0 Å². The molecule has 0 unspecified atom stereocenters. The molecule has 0 fully saturated rings. The average Bonchev–Trinajstić information content (AvgIpc) is 2.83. The summed E-state index contributed by atoms with van der Waals surface area (Å²) in [6, 6.07) is 10.3. The standard InChI is InChI=1S/C13H9N3O2/c17-8-9-4-3-7-16-12(9)14-15-13(16)10-5-1-2-6-11(10)18/h1-8,18H. The van der Waals surface area contributed by atoms with E-state index in [0.29, 0.717) is 22.6 Å². The van der Waals surface area contributed by atoms with Crippen LogP contribution in [0.25, 0.3) is 17.0 Å². The summed E-state index contributed by atoms with van der Waals surface area (Å²) in [6.45, 7) is 0. The second-order valence-electron chi connectivity index (χ2n) is 3.82. The number of phenolic OH excluding ortho intramolecular Hbond substituents is 1. The number of carbonyl (C=O) groups excluding carboxylic acids is 1. The van der Waals surface area contributed by atoms with Gasteiger partial charge < -0.3 is 5.11 Å². The van der Waals surface area contributed by atoms with Crippen LogP contribution in [-0.4, -0.2) is 26.0 Å². The fraction of sp³-hybridized carbons (Fsp3) is 0. The monoisotopic (exact) mass is 239 g/mol. The Labute approximate surface area is 102 Å². The summed E-state index contributed by atoms with van der Waals surface area (Å²) in [6.07, 6.45) is 2.49. The third-order valence-corrected chi connectivity index (χ3v) is 2.74. The number of para-hydroxylation sites is 1.